The number of hydrogen-bond donors (Lipinski definition) is 0. The fraction of sp³-hybridized carbons (Fsp3) is 0.375. The number of halogens is 3. The molecule has 0 atom stereocenters. The van der Waals surface area contributed by atoms with Crippen LogP contribution < -0.4 is 10.3 Å². The highest BCUT2D eigenvalue weighted by Crippen LogP contribution is 2.26. The summed E-state index contributed by atoms with van der Waals surface area (Å²) in [4.78, 5) is 32.2. The molecule has 4 rings (SSSR count). The number of ether oxygens (including phenoxy) is 3. The van der Waals surface area contributed by atoms with Gasteiger partial charge >= 0.3 is 12.3 Å². The van der Waals surface area contributed by atoms with E-state index in [1.807, 2.05) is 0 Å². The summed E-state index contributed by atoms with van der Waals surface area (Å²) < 4.78 is 52.9. The summed E-state index contributed by atoms with van der Waals surface area (Å²) in [7, 11) is 1.27. The zero-order chi connectivity index (χ0) is 25.7. The number of morpholine rings is 1. The maximum absolute atomic E-state index is 13.4. The fourth-order valence-electron chi connectivity index (χ4n) is 3.75. The van der Waals surface area contributed by atoms with Gasteiger partial charge in [-0.2, -0.15) is 0 Å². The van der Waals surface area contributed by atoms with Gasteiger partial charge in [0.15, 0.2) is 5.16 Å². The second-order valence-corrected chi connectivity index (χ2v) is 8.95. The first-order chi connectivity index (χ1) is 17.2. The molecule has 12 heteroatoms. The van der Waals surface area contributed by atoms with E-state index in [2.05, 4.69) is 14.6 Å². The minimum absolute atomic E-state index is 0.235. The van der Waals surface area contributed by atoms with Crippen molar-refractivity contribution >= 4 is 28.6 Å². The van der Waals surface area contributed by atoms with Gasteiger partial charge in [0, 0.05) is 31.9 Å². The molecule has 1 saturated heterocycles. The summed E-state index contributed by atoms with van der Waals surface area (Å²) in [5.74, 6) is -0.484. The maximum Gasteiger partial charge on any atom is 0.573 e. The highest BCUT2D eigenvalue weighted by atomic mass is 32.2. The van der Waals surface area contributed by atoms with E-state index in [9.17, 15) is 22.8 Å². The van der Waals surface area contributed by atoms with E-state index < -0.39 is 12.3 Å². The molecular formula is C24H24F3N3O5S. The van der Waals surface area contributed by atoms with Crippen molar-refractivity contribution < 1.29 is 32.2 Å². The molecule has 0 bridgehead atoms. The standard InChI is InChI=1S/C24H24F3N3O5S/c1-33-22(32)17-4-7-19-20(14-17)28-23(30(21(19)31)9-8-29-10-12-34-13-11-29)36-15-16-2-5-18(6-3-16)35-24(25,26)27/h2-7,14H,8-13,15H2,1H3. The van der Waals surface area contributed by atoms with E-state index in [0.29, 0.717) is 48.1 Å². The van der Waals surface area contributed by atoms with Gasteiger partial charge in [0.2, 0.25) is 0 Å². The summed E-state index contributed by atoms with van der Waals surface area (Å²) in [5, 5.41) is 0.820. The van der Waals surface area contributed by atoms with Gasteiger partial charge in [0.05, 0.1) is 36.8 Å². The fourth-order valence-corrected chi connectivity index (χ4v) is 4.74. The van der Waals surface area contributed by atoms with E-state index in [1.54, 1.807) is 10.6 Å². The lowest BCUT2D eigenvalue weighted by atomic mass is 10.1. The molecule has 2 heterocycles. The molecule has 0 spiro atoms. The van der Waals surface area contributed by atoms with Crippen molar-refractivity contribution in [3.05, 3.63) is 63.9 Å². The van der Waals surface area contributed by atoms with Crippen LogP contribution in [0.3, 0.4) is 0 Å². The SMILES string of the molecule is COC(=O)c1ccc2c(=O)n(CCN3CCOCC3)c(SCc3ccc(OC(F)(F)F)cc3)nc2c1. The van der Waals surface area contributed by atoms with Gasteiger partial charge in [0.25, 0.3) is 5.56 Å². The van der Waals surface area contributed by atoms with Crippen LogP contribution in [0, 0.1) is 0 Å². The Hall–Kier alpha value is -3.09. The van der Waals surface area contributed by atoms with Gasteiger partial charge < -0.3 is 14.2 Å². The second kappa shape index (κ2) is 11.3. The lowest BCUT2D eigenvalue weighted by molar-refractivity contribution is -0.274. The summed E-state index contributed by atoms with van der Waals surface area (Å²) in [6.07, 6.45) is -4.76. The third-order valence-corrected chi connectivity index (χ3v) is 6.66. The molecule has 1 fully saturated rings. The number of esters is 1. The predicted molar refractivity (Wildman–Crippen MR) is 127 cm³/mol. The normalized spacial score (nSPS) is 14.7. The number of benzene rings is 2. The smallest absolute Gasteiger partial charge is 0.465 e. The molecule has 0 radical (unpaired) electrons. The third-order valence-electron chi connectivity index (χ3n) is 5.61. The largest absolute Gasteiger partial charge is 0.573 e. The Bertz CT molecular complexity index is 1270. The van der Waals surface area contributed by atoms with Crippen LogP contribution in [0.4, 0.5) is 13.2 Å². The zero-order valence-electron chi connectivity index (χ0n) is 19.4. The van der Waals surface area contributed by atoms with Gasteiger partial charge in [-0.05, 0) is 35.9 Å². The average Bonchev–Trinajstić information content (AvgIpc) is 2.86. The third kappa shape index (κ3) is 6.56. The first kappa shape index (κ1) is 26.0. The quantitative estimate of drug-likeness (QED) is 0.251. The van der Waals surface area contributed by atoms with Crippen LogP contribution in [-0.2, 0) is 21.8 Å². The van der Waals surface area contributed by atoms with Crippen LogP contribution in [0.15, 0.2) is 52.4 Å². The lowest BCUT2D eigenvalue weighted by Gasteiger charge is -2.27. The van der Waals surface area contributed by atoms with Crippen LogP contribution in [-0.4, -0.2) is 66.7 Å². The van der Waals surface area contributed by atoms with Crippen molar-refractivity contribution in [3.63, 3.8) is 0 Å². The molecule has 0 N–H and O–H groups in total. The van der Waals surface area contributed by atoms with Gasteiger partial charge in [-0.1, -0.05) is 23.9 Å². The molecule has 36 heavy (non-hydrogen) atoms. The van der Waals surface area contributed by atoms with Crippen molar-refractivity contribution in [1.29, 1.82) is 0 Å². The summed E-state index contributed by atoms with van der Waals surface area (Å²) in [5.41, 5.74) is 1.13. The van der Waals surface area contributed by atoms with Crippen LogP contribution in [0.1, 0.15) is 15.9 Å². The number of rotatable bonds is 8. The Labute approximate surface area is 209 Å². The number of aromatic nitrogens is 2. The van der Waals surface area contributed by atoms with Crippen molar-refractivity contribution in [3.8, 4) is 5.75 Å². The first-order valence-corrected chi connectivity index (χ1v) is 12.1. The lowest BCUT2D eigenvalue weighted by Crippen LogP contribution is -2.39. The number of alkyl halides is 3. The Morgan fingerprint density at radius 1 is 1.11 bits per heavy atom. The number of thioether (sulfide) groups is 1. The number of carbonyl (C=O) groups is 1. The Balaban J connectivity index is 1.61. The number of carbonyl (C=O) groups excluding carboxylic acids is 1. The van der Waals surface area contributed by atoms with Crippen LogP contribution in [0.25, 0.3) is 10.9 Å². The van der Waals surface area contributed by atoms with Gasteiger partial charge in [-0.15, -0.1) is 13.2 Å². The number of nitrogens with zero attached hydrogens (tertiary/aromatic N) is 3. The van der Waals surface area contributed by atoms with Crippen molar-refractivity contribution in [2.24, 2.45) is 0 Å². The van der Waals surface area contributed by atoms with Crippen LogP contribution in [0.5, 0.6) is 5.75 Å². The maximum atomic E-state index is 13.4. The molecular weight excluding hydrogens is 499 g/mol. The highest BCUT2D eigenvalue weighted by molar-refractivity contribution is 7.98. The molecule has 8 nitrogen and oxygen atoms in total. The van der Waals surface area contributed by atoms with Gasteiger partial charge in [0.1, 0.15) is 5.75 Å². The topological polar surface area (TPSA) is 82.9 Å². The number of methoxy groups -OCH3 is 1. The van der Waals surface area contributed by atoms with Crippen LogP contribution >= 0.6 is 11.8 Å². The Kier molecular flexibility index (Phi) is 8.17. The van der Waals surface area contributed by atoms with Crippen LogP contribution in [0.2, 0.25) is 0 Å². The predicted octanol–water partition coefficient (Wildman–Crippen LogP) is 3.71. The van der Waals surface area contributed by atoms with Gasteiger partial charge in [-0.3, -0.25) is 14.3 Å². The highest BCUT2D eigenvalue weighted by Gasteiger charge is 2.31. The van der Waals surface area contributed by atoms with E-state index >= 15 is 0 Å². The average molecular weight is 524 g/mol. The monoisotopic (exact) mass is 523 g/mol. The summed E-state index contributed by atoms with van der Waals surface area (Å²) >= 11 is 1.28. The molecule has 1 aromatic heterocycles. The molecule has 1 aliphatic heterocycles. The number of hydrogen-bond acceptors (Lipinski definition) is 8. The minimum atomic E-state index is -4.76. The molecule has 0 unspecified atom stereocenters. The van der Waals surface area contributed by atoms with Crippen molar-refractivity contribution in [1.82, 2.24) is 14.5 Å². The zero-order valence-corrected chi connectivity index (χ0v) is 20.2. The van der Waals surface area contributed by atoms with E-state index in [4.69, 9.17) is 9.47 Å². The molecule has 0 saturated carbocycles. The van der Waals surface area contributed by atoms with Crippen molar-refractivity contribution in [2.45, 2.75) is 23.8 Å². The summed E-state index contributed by atoms with van der Waals surface area (Å²) in [6.45, 7) is 3.85. The Morgan fingerprint density at radius 2 is 1.83 bits per heavy atom. The van der Waals surface area contributed by atoms with E-state index in [1.165, 1.54) is 55.3 Å². The molecule has 3 aromatic rings. The molecule has 2 aromatic carbocycles. The first-order valence-electron chi connectivity index (χ1n) is 11.1. The van der Waals surface area contributed by atoms with Crippen molar-refractivity contribution in [2.75, 3.05) is 40.0 Å². The summed E-state index contributed by atoms with van der Waals surface area (Å²) in [6, 6.07) is 10.1. The second-order valence-electron chi connectivity index (χ2n) is 8.01. The molecule has 0 amide bonds. The number of fused-ring (bicyclic) bond motifs is 1. The minimum Gasteiger partial charge on any atom is -0.465 e. The van der Waals surface area contributed by atoms with E-state index in [-0.39, 0.29) is 16.9 Å². The van der Waals surface area contributed by atoms with Gasteiger partial charge in [-0.25, -0.2) is 9.78 Å². The molecule has 1 aliphatic rings. The Morgan fingerprint density at radius 3 is 2.50 bits per heavy atom. The molecule has 192 valence electrons. The van der Waals surface area contributed by atoms with E-state index in [0.717, 1.165) is 18.7 Å². The molecule has 0 aliphatic carbocycles.